The molecule has 3 atom stereocenters. The average molecular weight is 416 g/mol. The number of aromatic hydroxyl groups is 1. The summed E-state index contributed by atoms with van der Waals surface area (Å²) in [4.78, 5) is 14.7. The number of carbonyl (C=O) groups excluding carboxylic acids is 1. The van der Waals surface area contributed by atoms with E-state index in [1.165, 1.54) is 12.8 Å². The second kappa shape index (κ2) is 6.88. The fourth-order valence-electron chi connectivity index (χ4n) is 5.37. The van der Waals surface area contributed by atoms with Crippen LogP contribution >= 0.6 is 0 Å². The number of phenols is 1. The monoisotopic (exact) mass is 416 g/mol. The summed E-state index contributed by atoms with van der Waals surface area (Å²) in [6.45, 7) is 0. The van der Waals surface area contributed by atoms with Crippen LogP contribution in [0.15, 0.2) is 36.7 Å². The lowest BCUT2D eigenvalue weighted by Crippen LogP contribution is -2.49. The third-order valence-corrected chi connectivity index (χ3v) is 6.81. The molecule has 0 saturated carbocycles. The minimum atomic E-state index is 0.101. The van der Waals surface area contributed by atoms with Crippen molar-refractivity contribution in [3.63, 3.8) is 0 Å². The number of aromatic nitrogens is 4. The van der Waals surface area contributed by atoms with Gasteiger partial charge in [0.1, 0.15) is 5.75 Å². The van der Waals surface area contributed by atoms with Crippen LogP contribution < -0.4 is 10.2 Å². The molecule has 2 aromatic heterocycles. The van der Waals surface area contributed by atoms with E-state index in [0.29, 0.717) is 35.6 Å². The fraction of sp³-hybridized carbons (Fsp3) is 0.391. The molecule has 2 bridgehead atoms. The Bertz CT molecular complexity index is 1180. The first-order valence-corrected chi connectivity index (χ1v) is 10.8. The average Bonchev–Trinajstić information content (AvgIpc) is 3.43. The fourth-order valence-corrected chi connectivity index (χ4v) is 5.37. The Kier molecular flexibility index (Phi) is 4.11. The van der Waals surface area contributed by atoms with Gasteiger partial charge in [-0.2, -0.15) is 5.10 Å². The van der Waals surface area contributed by atoms with E-state index in [9.17, 15) is 9.90 Å². The zero-order chi connectivity index (χ0) is 21.1. The highest BCUT2D eigenvalue weighted by Crippen LogP contribution is 2.38. The second-order valence-electron chi connectivity index (χ2n) is 8.92. The molecule has 8 heteroatoms. The van der Waals surface area contributed by atoms with Crippen LogP contribution in [0, 0.1) is 0 Å². The highest BCUT2D eigenvalue weighted by molar-refractivity contribution is 6.01. The smallest absolute Gasteiger partial charge is 0.233 e. The predicted molar refractivity (Wildman–Crippen MR) is 115 cm³/mol. The molecule has 6 rings (SSSR count). The van der Waals surface area contributed by atoms with Crippen LogP contribution in [-0.4, -0.2) is 49.1 Å². The van der Waals surface area contributed by atoms with E-state index in [1.807, 2.05) is 36.3 Å². The number of phenolic OH excluding ortho intramolecular Hbond substituents is 1. The van der Waals surface area contributed by atoms with Gasteiger partial charge in [0.25, 0.3) is 0 Å². The van der Waals surface area contributed by atoms with E-state index in [2.05, 4.69) is 20.6 Å². The van der Waals surface area contributed by atoms with Crippen LogP contribution in [0.1, 0.15) is 31.2 Å². The number of nitrogens with one attached hydrogen (secondary N) is 1. The number of amides is 1. The highest BCUT2D eigenvalue weighted by Gasteiger charge is 2.42. The summed E-state index contributed by atoms with van der Waals surface area (Å²) in [5.74, 6) is 0.919. The largest absolute Gasteiger partial charge is 0.507 e. The minimum Gasteiger partial charge on any atom is -0.507 e. The zero-order valence-electron chi connectivity index (χ0n) is 17.3. The third kappa shape index (κ3) is 3.09. The van der Waals surface area contributed by atoms with Gasteiger partial charge in [0.05, 0.1) is 18.3 Å². The van der Waals surface area contributed by atoms with Gasteiger partial charge in [-0.25, -0.2) is 0 Å². The van der Waals surface area contributed by atoms with Crippen LogP contribution in [-0.2, 0) is 18.3 Å². The molecule has 3 aromatic rings. The Morgan fingerprint density at radius 3 is 2.61 bits per heavy atom. The number of rotatable bonds is 3. The molecule has 0 radical (unpaired) electrons. The Morgan fingerprint density at radius 1 is 1.10 bits per heavy atom. The standard InChI is InChI=1S/C23H24N6O2/c1-28-12-15(11-24-28)13-2-5-19(21(30)7-13)20-6-14-8-22(31)29(23(14)27-26-20)18-9-16-3-4-17(10-18)25-16/h2,5-7,11-12,16-18,25,30H,3-4,8-10H2,1H3/t16-,17?,18?/m0/s1. The summed E-state index contributed by atoms with van der Waals surface area (Å²) in [5.41, 5.74) is 3.88. The van der Waals surface area contributed by atoms with Crippen LogP contribution in [0.3, 0.4) is 0 Å². The molecule has 2 unspecified atom stereocenters. The molecule has 0 aliphatic carbocycles. The summed E-state index contributed by atoms with van der Waals surface area (Å²) in [6, 6.07) is 8.58. The summed E-state index contributed by atoms with van der Waals surface area (Å²) >= 11 is 0. The first kappa shape index (κ1) is 18.5. The molecule has 2 saturated heterocycles. The van der Waals surface area contributed by atoms with Crippen LogP contribution in [0.25, 0.3) is 22.4 Å². The maximum atomic E-state index is 12.9. The van der Waals surface area contributed by atoms with Crippen LogP contribution in [0.5, 0.6) is 5.75 Å². The molecule has 3 aliphatic rings. The van der Waals surface area contributed by atoms with Crippen molar-refractivity contribution >= 4 is 11.7 Å². The van der Waals surface area contributed by atoms with E-state index >= 15 is 0 Å². The van der Waals surface area contributed by atoms with Crippen molar-refractivity contribution in [3.8, 4) is 28.1 Å². The molecule has 5 heterocycles. The quantitative estimate of drug-likeness (QED) is 0.681. The number of hydrogen-bond donors (Lipinski definition) is 2. The molecule has 1 aromatic carbocycles. The van der Waals surface area contributed by atoms with E-state index in [4.69, 9.17) is 0 Å². The minimum absolute atomic E-state index is 0.101. The number of fused-ring (bicyclic) bond motifs is 3. The first-order valence-electron chi connectivity index (χ1n) is 10.8. The van der Waals surface area contributed by atoms with Crippen molar-refractivity contribution in [3.05, 3.63) is 42.2 Å². The Hall–Kier alpha value is -3.26. The van der Waals surface area contributed by atoms with Crippen molar-refractivity contribution < 1.29 is 9.90 Å². The van der Waals surface area contributed by atoms with Crippen molar-refractivity contribution in [1.29, 1.82) is 0 Å². The van der Waals surface area contributed by atoms with Crippen molar-refractivity contribution in [1.82, 2.24) is 25.3 Å². The van der Waals surface area contributed by atoms with E-state index in [1.54, 1.807) is 16.9 Å². The summed E-state index contributed by atoms with van der Waals surface area (Å²) in [5, 5.41) is 27.3. The van der Waals surface area contributed by atoms with Gasteiger partial charge < -0.3 is 10.4 Å². The van der Waals surface area contributed by atoms with Crippen molar-refractivity contribution in [2.45, 2.75) is 50.2 Å². The van der Waals surface area contributed by atoms with Gasteiger partial charge >= 0.3 is 0 Å². The molecule has 1 amide bonds. The molecule has 0 spiro atoms. The zero-order valence-corrected chi connectivity index (χ0v) is 17.3. The van der Waals surface area contributed by atoms with E-state index < -0.39 is 0 Å². The lowest BCUT2D eigenvalue weighted by molar-refractivity contribution is -0.118. The summed E-state index contributed by atoms with van der Waals surface area (Å²) in [6.07, 6.45) is 8.33. The van der Waals surface area contributed by atoms with Gasteiger partial charge in [-0.05, 0) is 49.4 Å². The number of anilines is 1. The van der Waals surface area contributed by atoms with Crippen LogP contribution in [0.4, 0.5) is 5.82 Å². The normalized spacial score (nSPS) is 24.6. The van der Waals surface area contributed by atoms with E-state index in [0.717, 1.165) is 29.5 Å². The second-order valence-corrected chi connectivity index (χ2v) is 8.92. The number of hydrogen-bond acceptors (Lipinski definition) is 6. The van der Waals surface area contributed by atoms with Crippen molar-refractivity contribution in [2.75, 3.05) is 4.90 Å². The van der Waals surface area contributed by atoms with Gasteiger partial charge in [0.2, 0.25) is 5.91 Å². The molecule has 2 N–H and O–H groups in total. The van der Waals surface area contributed by atoms with Crippen molar-refractivity contribution in [2.24, 2.45) is 7.05 Å². The third-order valence-electron chi connectivity index (χ3n) is 6.81. The predicted octanol–water partition coefficient (Wildman–Crippen LogP) is 2.42. The van der Waals surface area contributed by atoms with Crippen LogP contribution in [0.2, 0.25) is 0 Å². The Labute approximate surface area is 179 Å². The number of benzene rings is 1. The topological polar surface area (TPSA) is 96.2 Å². The maximum Gasteiger partial charge on any atom is 0.233 e. The first-order chi connectivity index (χ1) is 15.0. The molecule has 2 fully saturated rings. The summed E-state index contributed by atoms with van der Waals surface area (Å²) < 4.78 is 1.73. The number of carbonyl (C=O) groups is 1. The van der Waals surface area contributed by atoms with Gasteiger partial charge in [-0.15, -0.1) is 10.2 Å². The van der Waals surface area contributed by atoms with Gasteiger partial charge in [0, 0.05) is 48.1 Å². The molecular formula is C23H24N6O2. The molecular weight excluding hydrogens is 392 g/mol. The molecule has 158 valence electrons. The van der Waals surface area contributed by atoms with E-state index in [-0.39, 0.29) is 17.7 Å². The Balaban J connectivity index is 1.30. The van der Waals surface area contributed by atoms with Gasteiger partial charge in [0.15, 0.2) is 5.82 Å². The number of piperidine rings is 1. The molecule has 8 nitrogen and oxygen atoms in total. The number of aryl methyl sites for hydroxylation is 1. The van der Waals surface area contributed by atoms with Gasteiger partial charge in [-0.1, -0.05) is 6.07 Å². The lowest BCUT2D eigenvalue weighted by Gasteiger charge is -2.35. The SMILES string of the molecule is Cn1cc(-c2ccc(-c3cc4c(nn3)N(C3CC5CC[C@@H](C3)N5)C(=O)C4)c(O)c2)cn1. The Morgan fingerprint density at radius 2 is 1.90 bits per heavy atom. The molecule has 3 aliphatic heterocycles. The molecule has 31 heavy (non-hydrogen) atoms. The summed E-state index contributed by atoms with van der Waals surface area (Å²) in [7, 11) is 1.86. The van der Waals surface area contributed by atoms with Gasteiger partial charge in [-0.3, -0.25) is 14.4 Å². The highest BCUT2D eigenvalue weighted by atomic mass is 16.3. The number of nitrogens with zero attached hydrogens (tertiary/aromatic N) is 5. The maximum absolute atomic E-state index is 12.9. The lowest BCUT2D eigenvalue weighted by atomic mass is 9.98.